The minimum absolute atomic E-state index is 0.171. The molecule has 1 heteroatoms. The van der Waals surface area contributed by atoms with Gasteiger partial charge in [0.05, 0.1) is 0 Å². The van der Waals surface area contributed by atoms with Crippen molar-refractivity contribution in [2.24, 2.45) is 11.3 Å². The molecule has 0 aromatic carbocycles. The van der Waals surface area contributed by atoms with E-state index in [-0.39, 0.29) is 5.41 Å². The van der Waals surface area contributed by atoms with Crippen LogP contribution in [0.15, 0.2) is 11.6 Å². The summed E-state index contributed by atoms with van der Waals surface area (Å²) >= 11 is 0. The van der Waals surface area contributed by atoms with Gasteiger partial charge in [-0.1, -0.05) is 32.4 Å². The second-order valence-corrected chi connectivity index (χ2v) is 5.04. The van der Waals surface area contributed by atoms with E-state index < -0.39 is 0 Å². The van der Waals surface area contributed by atoms with Crippen molar-refractivity contribution in [2.75, 3.05) is 0 Å². The summed E-state index contributed by atoms with van der Waals surface area (Å²) in [6.45, 7) is 12.2. The van der Waals surface area contributed by atoms with Crippen LogP contribution in [-0.4, -0.2) is 5.78 Å². The maximum Gasteiger partial charge on any atom is 0.135 e. The SMILES string of the molecule is CC(=O)C(C)(C)C(C)CCC=C(C)C. The Labute approximate surface area is 88.6 Å². The van der Waals surface area contributed by atoms with Gasteiger partial charge in [0.1, 0.15) is 5.78 Å². The van der Waals surface area contributed by atoms with E-state index in [1.54, 1.807) is 6.92 Å². The number of carbonyl (C=O) groups is 1. The summed E-state index contributed by atoms with van der Waals surface area (Å²) in [5.74, 6) is 0.748. The monoisotopic (exact) mass is 196 g/mol. The molecule has 0 aromatic heterocycles. The number of hydrogen-bond donors (Lipinski definition) is 0. The second kappa shape index (κ2) is 5.33. The van der Waals surface area contributed by atoms with Gasteiger partial charge in [-0.05, 0) is 39.5 Å². The molecule has 0 amide bonds. The van der Waals surface area contributed by atoms with Gasteiger partial charge < -0.3 is 0 Å². The Morgan fingerprint density at radius 3 is 2.14 bits per heavy atom. The number of carbonyl (C=O) groups excluding carboxylic acids is 1. The van der Waals surface area contributed by atoms with Gasteiger partial charge in [0.2, 0.25) is 0 Å². The Balaban J connectivity index is 4.15. The van der Waals surface area contributed by atoms with E-state index in [2.05, 4.69) is 26.8 Å². The highest BCUT2D eigenvalue weighted by atomic mass is 16.1. The number of hydrogen-bond acceptors (Lipinski definition) is 1. The molecule has 0 fully saturated rings. The first-order valence-electron chi connectivity index (χ1n) is 5.43. The van der Waals surface area contributed by atoms with Crippen molar-refractivity contribution in [3.63, 3.8) is 0 Å². The largest absolute Gasteiger partial charge is 0.299 e. The molecule has 0 aliphatic heterocycles. The Hall–Kier alpha value is -0.590. The van der Waals surface area contributed by atoms with Crippen LogP contribution < -0.4 is 0 Å². The molecule has 0 rings (SSSR count). The summed E-state index contributed by atoms with van der Waals surface area (Å²) in [6, 6.07) is 0. The molecular weight excluding hydrogens is 172 g/mol. The third kappa shape index (κ3) is 4.08. The maximum absolute atomic E-state index is 11.4. The Bertz CT molecular complexity index is 219. The minimum Gasteiger partial charge on any atom is -0.299 e. The van der Waals surface area contributed by atoms with Crippen LogP contribution >= 0.6 is 0 Å². The zero-order valence-electron chi connectivity index (χ0n) is 10.5. The van der Waals surface area contributed by atoms with Crippen LogP contribution in [0.25, 0.3) is 0 Å². The first-order chi connectivity index (χ1) is 6.28. The van der Waals surface area contributed by atoms with Gasteiger partial charge in [0, 0.05) is 5.41 Å². The molecule has 0 saturated carbocycles. The number of ketones is 1. The third-order valence-corrected chi connectivity index (χ3v) is 3.29. The summed E-state index contributed by atoms with van der Waals surface area (Å²) in [7, 11) is 0. The van der Waals surface area contributed by atoms with Crippen LogP contribution in [0, 0.1) is 11.3 Å². The van der Waals surface area contributed by atoms with Crippen LogP contribution in [0.4, 0.5) is 0 Å². The van der Waals surface area contributed by atoms with Crippen LogP contribution in [0.2, 0.25) is 0 Å². The van der Waals surface area contributed by atoms with Gasteiger partial charge in [-0.15, -0.1) is 0 Å². The molecule has 14 heavy (non-hydrogen) atoms. The first kappa shape index (κ1) is 13.4. The Morgan fingerprint density at radius 2 is 1.79 bits per heavy atom. The van der Waals surface area contributed by atoms with Crippen molar-refractivity contribution in [1.29, 1.82) is 0 Å². The van der Waals surface area contributed by atoms with Crippen molar-refractivity contribution in [1.82, 2.24) is 0 Å². The number of allylic oxidation sites excluding steroid dienone is 2. The normalized spacial score (nSPS) is 13.6. The predicted octanol–water partition coefficient (Wildman–Crippen LogP) is 3.98. The van der Waals surface area contributed by atoms with Crippen molar-refractivity contribution in [3.8, 4) is 0 Å². The number of Topliss-reactive ketones (excluding diaryl/α,β-unsaturated/α-hetero) is 1. The van der Waals surface area contributed by atoms with E-state index in [1.807, 2.05) is 13.8 Å². The predicted molar refractivity (Wildman–Crippen MR) is 62.3 cm³/mol. The fraction of sp³-hybridized carbons (Fsp3) is 0.769. The third-order valence-electron chi connectivity index (χ3n) is 3.29. The lowest BCUT2D eigenvalue weighted by Crippen LogP contribution is -2.29. The lowest BCUT2D eigenvalue weighted by Gasteiger charge is -2.28. The summed E-state index contributed by atoms with van der Waals surface area (Å²) in [6.07, 6.45) is 4.42. The highest BCUT2D eigenvalue weighted by Crippen LogP contribution is 2.31. The topological polar surface area (TPSA) is 17.1 Å². The van der Waals surface area contributed by atoms with E-state index in [0.717, 1.165) is 12.8 Å². The molecule has 0 bridgehead atoms. The zero-order chi connectivity index (χ0) is 11.4. The number of rotatable bonds is 5. The fourth-order valence-corrected chi connectivity index (χ4v) is 1.33. The van der Waals surface area contributed by atoms with E-state index in [9.17, 15) is 4.79 Å². The maximum atomic E-state index is 11.4. The van der Waals surface area contributed by atoms with Gasteiger partial charge >= 0.3 is 0 Å². The second-order valence-electron chi connectivity index (χ2n) is 5.04. The van der Waals surface area contributed by atoms with Crippen LogP contribution in [0.3, 0.4) is 0 Å². The lowest BCUT2D eigenvalue weighted by atomic mass is 9.75. The Morgan fingerprint density at radius 1 is 1.29 bits per heavy atom. The van der Waals surface area contributed by atoms with E-state index in [0.29, 0.717) is 11.7 Å². The van der Waals surface area contributed by atoms with Gasteiger partial charge in [0.25, 0.3) is 0 Å². The highest BCUT2D eigenvalue weighted by molar-refractivity contribution is 5.81. The zero-order valence-corrected chi connectivity index (χ0v) is 10.5. The molecule has 0 heterocycles. The van der Waals surface area contributed by atoms with Crippen LogP contribution in [-0.2, 0) is 4.79 Å². The van der Waals surface area contributed by atoms with E-state index >= 15 is 0 Å². The molecule has 0 N–H and O–H groups in total. The molecular formula is C13H24O. The van der Waals surface area contributed by atoms with Crippen molar-refractivity contribution in [2.45, 2.75) is 54.4 Å². The van der Waals surface area contributed by atoms with Gasteiger partial charge in [-0.25, -0.2) is 0 Å². The van der Waals surface area contributed by atoms with Crippen molar-refractivity contribution < 1.29 is 4.79 Å². The molecule has 0 saturated heterocycles. The summed E-state index contributed by atoms with van der Waals surface area (Å²) in [4.78, 5) is 11.4. The molecule has 1 unspecified atom stereocenters. The highest BCUT2D eigenvalue weighted by Gasteiger charge is 2.29. The van der Waals surface area contributed by atoms with Crippen molar-refractivity contribution in [3.05, 3.63) is 11.6 Å². The minimum atomic E-state index is -0.171. The standard InChI is InChI=1S/C13H24O/c1-10(2)8-7-9-11(3)13(5,6)12(4)14/h8,11H,7,9H2,1-6H3. The molecule has 0 aromatic rings. The Kier molecular flexibility index (Phi) is 5.11. The summed E-state index contributed by atoms with van der Waals surface area (Å²) in [5, 5.41) is 0. The van der Waals surface area contributed by atoms with Crippen LogP contribution in [0.1, 0.15) is 54.4 Å². The molecule has 0 aliphatic carbocycles. The summed E-state index contributed by atoms with van der Waals surface area (Å²) in [5.41, 5.74) is 1.19. The van der Waals surface area contributed by atoms with Crippen molar-refractivity contribution >= 4 is 5.78 Å². The quantitative estimate of drug-likeness (QED) is 0.608. The van der Waals surface area contributed by atoms with E-state index in [4.69, 9.17) is 0 Å². The molecule has 1 nitrogen and oxygen atoms in total. The molecule has 0 spiro atoms. The molecule has 1 atom stereocenters. The fourth-order valence-electron chi connectivity index (χ4n) is 1.33. The molecule has 82 valence electrons. The first-order valence-corrected chi connectivity index (χ1v) is 5.43. The smallest absolute Gasteiger partial charge is 0.135 e. The lowest BCUT2D eigenvalue weighted by molar-refractivity contribution is -0.127. The average molecular weight is 196 g/mol. The van der Waals surface area contributed by atoms with Gasteiger partial charge in [-0.3, -0.25) is 4.79 Å². The van der Waals surface area contributed by atoms with E-state index in [1.165, 1.54) is 5.57 Å². The average Bonchev–Trinajstić information content (AvgIpc) is 2.02. The molecule has 0 aliphatic rings. The molecule has 0 radical (unpaired) electrons. The van der Waals surface area contributed by atoms with Gasteiger partial charge in [0.15, 0.2) is 0 Å². The van der Waals surface area contributed by atoms with Crippen LogP contribution in [0.5, 0.6) is 0 Å². The van der Waals surface area contributed by atoms with Gasteiger partial charge in [-0.2, -0.15) is 0 Å². The summed E-state index contributed by atoms with van der Waals surface area (Å²) < 4.78 is 0.